The third kappa shape index (κ3) is 3.47. The molecule has 4 rings (SSSR count). The van der Waals surface area contributed by atoms with Gasteiger partial charge in [0.05, 0.1) is 18.3 Å². The normalized spacial score (nSPS) is 14.6. The lowest BCUT2D eigenvalue weighted by Crippen LogP contribution is -2.29. The number of fused-ring (bicyclic) bond motifs is 1. The molecular formula is C19H20N4O2. The second kappa shape index (κ2) is 6.93. The minimum atomic E-state index is -0.155. The van der Waals surface area contributed by atoms with E-state index in [0.29, 0.717) is 17.1 Å². The van der Waals surface area contributed by atoms with Crippen molar-refractivity contribution in [1.82, 2.24) is 10.1 Å². The molecular weight excluding hydrogens is 316 g/mol. The van der Waals surface area contributed by atoms with Crippen LogP contribution in [0.2, 0.25) is 0 Å². The Hall–Kier alpha value is -2.89. The van der Waals surface area contributed by atoms with E-state index in [2.05, 4.69) is 20.4 Å². The number of aromatic nitrogens is 2. The Kier molecular flexibility index (Phi) is 4.33. The van der Waals surface area contributed by atoms with Gasteiger partial charge < -0.3 is 14.7 Å². The van der Waals surface area contributed by atoms with Gasteiger partial charge in [0.2, 0.25) is 5.91 Å². The van der Waals surface area contributed by atoms with E-state index in [0.717, 1.165) is 24.2 Å². The van der Waals surface area contributed by atoms with E-state index in [4.69, 9.17) is 4.52 Å². The molecule has 1 fully saturated rings. The molecule has 1 amide bonds. The summed E-state index contributed by atoms with van der Waals surface area (Å²) in [5, 5.41) is 7.68. The van der Waals surface area contributed by atoms with Crippen LogP contribution in [-0.2, 0) is 11.2 Å². The number of rotatable bonds is 4. The zero-order valence-electron chi connectivity index (χ0n) is 13.9. The molecule has 0 radical (unpaired) electrons. The molecule has 0 saturated carbocycles. The number of amides is 1. The Labute approximate surface area is 145 Å². The highest BCUT2D eigenvalue weighted by atomic mass is 16.5. The number of para-hydroxylation sites is 1. The topological polar surface area (TPSA) is 71.3 Å². The van der Waals surface area contributed by atoms with Gasteiger partial charge in [-0.3, -0.25) is 4.79 Å². The van der Waals surface area contributed by atoms with Gasteiger partial charge in [-0.15, -0.1) is 0 Å². The standard InChI is InChI=1S/C19H20N4O2/c24-19(12-16-15-6-2-3-7-17(15)25-22-16)21-18-9-8-14(13-20-18)23-10-4-1-5-11-23/h2-3,6-9,13H,1,4-5,10-12H2,(H,20,21,24). The Morgan fingerprint density at radius 2 is 1.96 bits per heavy atom. The van der Waals surface area contributed by atoms with Crippen LogP contribution in [0.3, 0.4) is 0 Å². The summed E-state index contributed by atoms with van der Waals surface area (Å²) in [5.74, 6) is 0.399. The number of benzene rings is 1. The van der Waals surface area contributed by atoms with Crippen LogP contribution < -0.4 is 10.2 Å². The van der Waals surface area contributed by atoms with Gasteiger partial charge in [0.1, 0.15) is 11.5 Å². The third-order valence-corrected chi connectivity index (χ3v) is 4.52. The summed E-state index contributed by atoms with van der Waals surface area (Å²) in [7, 11) is 0. The summed E-state index contributed by atoms with van der Waals surface area (Å²) in [6, 6.07) is 11.4. The number of hydrogen-bond acceptors (Lipinski definition) is 5. The Morgan fingerprint density at radius 1 is 1.12 bits per heavy atom. The summed E-state index contributed by atoms with van der Waals surface area (Å²) in [6.45, 7) is 2.15. The van der Waals surface area contributed by atoms with Crippen molar-refractivity contribution in [2.24, 2.45) is 0 Å². The summed E-state index contributed by atoms with van der Waals surface area (Å²) in [5.41, 5.74) is 2.44. The zero-order valence-corrected chi connectivity index (χ0v) is 13.9. The van der Waals surface area contributed by atoms with Crippen LogP contribution in [0.5, 0.6) is 0 Å². The number of nitrogens with zero attached hydrogens (tertiary/aromatic N) is 3. The quantitative estimate of drug-likeness (QED) is 0.791. The Bertz CT molecular complexity index is 867. The van der Waals surface area contributed by atoms with Gasteiger partial charge >= 0.3 is 0 Å². The maximum absolute atomic E-state index is 12.3. The number of carbonyl (C=O) groups excluding carboxylic acids is 1. The molecule has 1 aliphatic rings. The smallest absolute Gasteiger partial charge is 0.231 e. The number of nitrogens with one attached hydrogen (secondary N) is 1. The first-order valence-electron chi connectivity index (χ1n) is 8.64. The van der Waals surface area contributed by atoms with Crippen LogP contribution >= 0.6 is 0 Å². The zero-order chi connectivity index (χ0) is 17.1. The summed E-state index contributed by atoms with van der Waals surface area (Å²) >= 11 is 0. The molecule has 6 nitrogen and oxygen atoms in total. The summed E-state index contributed by atoms with van der Waals surface area (Å²) < 4.78 is 5.23. The number of anilines is 2. The van der Waals surface area contributed by atoms with Crippen molar-refractivity contribution in [2.45, 2.75) is 25.7 Å². The van der Waals surface area contributed by atoms with Crippen molar-refractivity contribution in [3.8, 4) is 0 Å². The van der Waals surface area contributed by atoms with Gasteiger partial charge in [0.15, 0.2) is 5.58 Å². The van der Waals surface area contributed by atoms with Crippen LogP contribution in [0, 0.1) is 0 Å². The van der Waals surface area contributed by atoms with Crippen LogP contribution in [-0.4, -0.2) is 29.1 Å². The van der Waals surface area contributed by atoms with Gasteiger partial charge in [-0.1, -0.05) is 17.3 Å². The predicted octanol–water partition coefficient (Wildman–Crippen LogP) is 3.39. The molecule has 6 heteroatoms. The summed E-state index contributed by atoms with van der Waals surface area (Å²) in [6.07, 6.45) is 5.74. The predicted molar refractivity (Wildman–Crippen MR) is 96.6 cm³/mol. The number of piperidine rings is 1. The van der Waals surface area contributed by atoms with Gasteiger partial charge in [0.25, 0.3) is 0 Å². The second-order valence-corrected chi connectivity index (χ2v) is 6.30. The molecule has 2 aromatic heterocycles. The molecule has 1 aliphatic heterocycles. The SMILES string of the molecule is O=C(Cc1noc2ccccc12)Nc1ccc(N2CCCCC2)cn1. The highest BCUT2D eigenvalue weighted by Crippen LogP contribution is 2.21. The average molecular weight is 336 g/mol. The van der Waals surface area contributed by atoms with E-state index in [-0.39, 0.29) is 12.3 Å². The molecule has 1 aromatic carbocycles. The minimum absolute atomic E-state index is 0.155. The Morgan fingerprint density at radius 3 is 2.76 bits per heavy atom. The van der Waals surface area contributed by atoms with E-state index in [9.17, 15) is 4.79 Å². The van der Waals surface area contributed by atoms with Gasteiger partial charge in [-0.2, -0.15) is 0 Å². The third-order valence-electron chi connectivity index (χ3n) is 4.52. The van der Waals surface area contributed by atoms with Crippen LogP contribution in [0.15, 0.2) is 47.1 Å². The molecule has 1 saturated heterocycles. The number of hydrogen-bond donors (Lipinski definition) is 1. The van der Waals surface area contributed by atoms with Crippen molar-refractivity contribution < 1.29 is 9.32 Å². The molecule has 0 atom stereocenters. The molecule has 1 N–H and O–H groups in total. The van der Waals surface area contributed by atoms with Crippen molar-refractivity contribution in [3.63, 3.8) is 0 Å². The monoisotopic (exact) mass is 336 g/mol. The maximum Gasteiger partial charge on any atom is 0.231 e. The lowest BCUT2D eigenvalue weighted by molar-refractivity contribution is -0.115. The first-order valence-corrected chi connectivity index (χ1v) is 8.64. The molecule has 0 bridgehead atoms. The van der Waals surface area contributed by atoms with E-state index in [1.807, 2.05) is 42.6 Å². The lowest BCUT2D eigenvalue weighted by Gasteiger charge is -2.28. The van der Waals surface area contributed by atoms with Crippen LogP contribution in [0.25, 0.3) is 11.0 Å². The first-order chi connectivity index (χ1) is 12.3. The molecule has 3 aromatic rings. The fraction of sp³-hybridized carbons (Fsp3) is 0.316. The van der Waals surface area contributed by atoms with Gasteiger partial charge in [0, 0.05) is 18.5 Å². The average Bonchev–Trinajstić information content (AvgIpc) is 3.06. The minimum Gasteiger partial charge on any atom is -0.370 e. The van der Waals surface area contributed by atoms with Gasteiger partial charge in [-0.05, 0) is 43.5 Å². The second-order valence-electron chi connectivity index (χ2n) is 6.30. The van der Waals surface area contributed by atoms with Crippen LogP contribution in [0.1, 0.15) is 25.0 Å². The van der Waals surface area contributed by atoms with E-state index in [1.165, 1.54) is 19.3 Å². The molecule has 25 heavy (non-hydrogen) atoms. The highest BCUT2D eigenvalue weighted by molar-refractivity contribution is 5.94. The molecule has 128 valence electrons. The number of carbonyl (C=O) groups is 1. The van der Waals surface area contributed by atoms with E-state index in [1.54, 1.807) is 0 Å². The van der Waals surface area contributed by atoms with Crippen molar-refractivity contribution >= 4 is 28.4 Å². The van der Waals surface area contributed by atoms with Crippen molar-refractivity contribution in [1.29, 1.82) is 0 Å². The molecule has 0 aliphatic carbocycles. The Balaban J connectivity index is 1.40. The van der Waals surface area contributed by atoms with E-state index < -0.39 is 0 Å². The lowest BCUT2D eigenvalue weighted by atomic mass is 10.1. The molecule has 0 spiro atoms. The van der Waals surface area contributed by atoms with Crippen LogP contribution in [0.4, 0.5) is 11.5 Å². The number of pyridine rings is 1. The van der Waals surface area contributed by atoms with Gasteiger partial charge in [-0.25, -0.2) is 4.98 Å². The first kappa shape index (κ1) is 15.6. The maximum atomic E-state index is 12.3. The molecule has 3 heterocycles. The van der Waals surface area contributed by atoms with E-state index >= 15 is 0 Å². The van der Waals surface area contributed by atoms with Crippen molar-refractivity contribution in [3.05, 3.63) is 48.3 Å². The largest absolute Gasteiger partial charge is 0.370 e. The molecule has 0 unspecified atom stereocenters. The fourth-order valence-corrected chi connectivity index (χ4v) is 3.20. The van der Waals surface area contributed by atoms with Crippen molar-refractivity contribution in [2.75, 3.05) is 23.3 Å². The summed E-state index contributed by atoms with van der Waals surface area (Å²) in [4.78, 5) is 19.0. The highest BCUT2D eigenvalue weighted by Gasteiger charge is 2.14. The fourth-order valence-electron chi connectivity index (χ4n) is 3.20.